The fraction of sp³-hybridized carbons (Fsp3) is 0.103. The Morgan fingerprint density at radius 1 is 0.974 bits per heavy atom. The van der Waals surface area contributed by atoms with Gasteiger partial charge < -0.3 is 31.1 Å². The largest absolute Gasteiger partial charge is 0.395 e. The summed E-state index contributed by atoms with van der Waals surface area (Å²) < 4.78 is 0. The number of aromatic amines is 1. The van der Waals surface area contributed by atoms with Gasteiger partial charge in [0.05, 0.1) is 18.8 Å². The number of amides is 2. The molecule has 196 valence electrons. The van der Waals surface area contributed by atoms with Crippen LogP contribution in [-0.4, -0.2) is 45.1 Å². The van der Waals surface area contributed by atoms with E-state index in [0.717, 1.165) is 0 Å². The van der Waals surface area contributed by atoms with Gasteiger partial charge in [-0.05, 0) is 54.1 Å². The number of hydrogen-bond acceptors (Lipinski definition) is 7. The molecule has 2 amide bonds. The van der Waals surface area contributed by atoms with Crippen LogP contribution in [0, 0.1) is 12.3 Å². The standard InChI is InChI=1S/C29H25N5O5/c1-2-18-6-8-19(9-7-18)28(38)34-24-5-3-4-22(23(24)17-36)21-14-25(29(39)32-16-21)33-26-11-10-20(15-31-26)27(37)30-12-13-35/h1,3-11,14-16,35-36H,12-13,17H2,(H,30,37)(H,31,33)(H,32,39)(H,34,38). The number of rotatable bonds is 9. The number of aliphatic hydroxyl groups excluding tert-OH is 2. The highest BCUT2D eigenvalue weighted by Gasteiger charge is 2.15. The van der Waals surface area contributed by atoms with Crippen molar-refractivity contribution in [2.24, 2.45) is 0 Å². The van der Waals surface area contributed by atoms with Crippen LogP contribution in [0.15, 0.2) is 77.9 Å². The first-order chi connectivity index (χ1) is 18.9. The zero-order chi connectivity index (χ0) is 27.8. The van der Waals surface area contributed by atoms with Crippen molar-refractivity contribution < 1.29 is 19.8 Å². The molecule has 6 N–H and O–H groups in total. The molecule has 0 saturated carbocycles. The number of anilines is 3. The number of nitrogens with zero attached hydrogens (tertiary/aromatic N) is 1. The van der Waals surface area contributed by atoms with Crippen molar-refractivity contribution in [2.45, 2.75) is 6.61 Å². The second-order valence-corrected chi connectivity index (χ2v) is 8.33. The number of pyridine rings is 2. The maximum absolute atomic E-state index is 12.8. The molecule has 0 aliphatic heterocycles. The van der Waals surface area contributed by atoms with Crippen LogP contribution in [0.1, 0.15) is 31.8 Å². The molecule has 4 aromatic rings. The quantitative estimate of drug-likeness (QED) is 0.184. The van der Waals surface area contributed by atoms with Gasteiger partial charge in [-0.15, -0.1) is 6.42 Å². The second-order valence-electron chi connectivity index (χ2n) is 8.33. The summed E-state index contributed by atoms with van der Waals surface area (Å²) in [5.74, 6) is 2.08. The topological polar surface area (TPSA) is 156 Å². The summed E-state index contributed by atoms with van der Waals surface area (Å²) in [4.78, 5) is 44.2. The van der Waals surface area contributed by atoms with Gasteiger partial charge in [0.15, 0.2) is 0 Å². The van der Waals surface area contributed by atoms with E-state index in [1.165, 1.54) is 18.5 Å². The minimum atomic E-state index is -0.407. The van der Waals surface area contributed by atoms with Gasteiger partial charge in [0.1, 0.15) is 11.5 Å². The lowest BCUT2D eigenvalue weighted by atomic mass is 9.99. The predicted molar refractivity (Wildman–Crippen MR) is 148 cm³/mol. The first-order valence-corrected chi connectivity index (χ1v) is 11.9. The number of carbonyl (C=O) groups excluding carboxylic acids is 2. The van der Waals surface area contributed by atoms with Crippen molar-refractivity contribution in [3.8, 4) is 23.5 Å². The van der Waals surface area contributed by atoms with Crippen LogP contribution in [0.3, 0.4) is 0 Å². The lowest BCUT2D eigenvalue weighted by molar-refractivity contribution is 0.0943. The molecule has 0 saturated heterocycles. The average Bonchev–Trinajstić information content (AvgIpc) is 2.97. The van der Waals surface area contributed by atoms with Gasteiger partial charge in [-0.25, -0.2) is 4.98 Å². The van der Waals surface area contributed by atoms with Gasteiger partial charge in [-0.1, -0.05) is 18.1 Å². The maximum atomic E-state index is 12.8. The fourth-order valence-corrected chi connectivity index (χ4v) is 3.80. The summed E-state index contributed by atoms with van der Waals surface area (Å²) in [5, 5.41) is 27.3. The van der Waals surface area contributed by atoms with Gasteiger partial charge in [-0.2, -0.15) is 0 Å². The third-order valence-corrected chi connectivity index (χ3v) is 5.80. The molecule has 0 atom stereocenters. The molecule has 2 heterocycles. The normalized spacial score (nSPS) is 10.4. The highest BCUT2D eigenvalue weighted by Crippen LogP contribution is 2.30. The number of carbonyl (C=O) groups is 2. The smallest absolute Gasteiger partial charge is 0.271 e. The number of benzene rings is 2. The Hall–Kier alpha value is -5.24. The Labute approximate surface area is 223 Å². The molecule has 0 aliphatic carbocycles. The van der Waals surface area contributed by atoms with Gasteiger partial charge in [0.2, 0.25) is 0 Å². The fourth-order valence-electron chi connectivity index (χ4n) is 3.80. The molecule has 0 spiro atoms. The minimum Gasteiger partial charge on any atom is -0.395 e. The molecule has 2 aromatic heterocycles. The molecule has 0 unspecified atom stereocenters. The molecule has 4 rings (SSSR count). The number of aliphatic hydroxyl groups is 2. The molecule has 0 bridgehead atoms. The highest BCUT2D eigenvalue weighted by atomic mass is 16.3. The van der Waals surface area contributed by atoms with E-state index >= 15 is 0 Å². The molecule has 0 fully saturated rings. The Morgan fingerprint density at radius 2 is 1.74 bits per heavy atom. The Morgan fingerprint density at radius 3 is 2.41 bits per heavy atom. The SMILES string of the molecule is C#Cc1ccc(C(=O)Nc2cccc(-c3c[nH]c(=O)c(Nc4ccc(C(=O)NCCO)cn4)c3)c2CO)cc1. The third-order valence-electron chi connectivity index (χ3n) is 5.80. The first-order valence-electron chi connectivity index (χ1n) is 11.9. The van der Waals surface area contributed by atoms with E-state index in [2.05, 4.69) is 31.8 Å². The number of terminal acetylenes is 1. The second kappa shape index (κ2) is 12.3. The zero-order valence-electron chi connectivity index (χ0n) is 20.7. The van der Waals surface area contributed by atoms with Crippen molar-refractivity contribution >= 4 is 29.0 Å². The van der Waals surface area contributed by atoms with Crippen LogP contribution in [0.4, 0.5) is 17.2 Å². The Kier molecular flexibility index (Phi) is 8.48. The van der Waals surface area contributed by atoms with Crippen molar-refractivity contribution in [3.05, 3.63) is 106 Å². The van der Waals surface area contributed by atoms with E-state index in [9.17, 15) is 19.5 Å². The van der Waals surface area contributed by atoms with E-state index in [4.69, 9.17) is 11.5 Å². The molecule has 2 aromatic carbocycles. The van der Waals surface area contributed by atoms with E-state index in [0.29, 0.717) is 44.9 Å². The lowest BCUT2D eigenvalue weighted by Crippen LogP contribution is -2.26. The van der Waals surface area contributed by atoms with Crippen LogP contribution in [0.25, 0.3) is 11.1 Å². The molecular formula is C29H25N5O5. The van der Waals surface area contributed by atoms with Gasteiger partial charge in [0.25, 0.3) is 17.4 Å². The van der Waals surface area contributed by atoms with E-state index in [1.807, 2.05) is 0 Å². The Bertz CT molecular complexity index is 1590. The molecule has 39 heavy (non-hydrogen) atoms. The van der Waals surface area contributed by atoms with Gasteiger partial charge >= 0.3 is 0 Å². The van der Waals surface area contributed by atoms with E-state index < -0.39 is 5.56 Å². The van der Waals surface area contributed by atoms with Crippen molar-refractivity contribution in [1.29, 1.82) is 0 Å². The Balaban J connectivity index is 1.58. The summed E-state index contributed by atoms with van der Waals surface area (Å²) in [6.45, 7) is -0.418. The molecule has 10 heteroatoms. The van der Waals surface area contributed by atoms with Gasteiger partial charge in [0, 0.05) is 46.9 Å². The summed E-state index contributed by atoms with van der Waals surface area (Å²) >= 11 is 0. The maximum Gasteiger partial charge on any atom is 0.271 e. The number of nitrogens with one attached hydrogen (secondary N) is 4. The number of aromatic nitrogens is 2. The molecule has 0 aliphatic rings. The first kappa shape index (κ1) is 26.8. The summed E-state index contributed by atoms with van der Waals surface area (Å²) in [6, 6.07) is 16.4. The lowest BCUT2D eigenvalue weighted by Gasteiger charge is -2.15. The summed E-state index contributed by atoms with van der Waals surface area (Å²) in [5.41, 5.74) is 3.19. The number of H-pyrrole nitrogens is 1. The van der Waals surface area contributed by atoms with Crippen molar-refractivity contribution in [3.63, 3.8) is 0 Å². The molecule has 0 radical (unpaired) electrons. The number of hydrogen-bond donors (Lipinski definition) is 6. The van der Waals surface area contributed by atoms with E-state index in [1.54, 1.807) is 54.6 Å². The zero-order valence-corrected chi connectivity index (χ0v) is 20.7. The average molecular weight is 524 g/mol. The van der Waals surface area contributed by atoms with Crippen molar-refractivity contribution in [2.75, 3.05) is 23.8 Å². The van der Waals surface area contributed by atoms with Crippen LogP contribution in [0.2, 0.25) is 0 Å². The summed E-state index contributed by atoms with van der Waals surface area (Å²) in [7, 11) is 0. The predicted octanol–water partition coefficient (Wildman–Crippen LogP) is 2.63. The molecule has 10 nitrogen and oxygen atoms in total. The minimum absolute atomic E-state index is 0.126. The summed E-state index contributed by atoms with van der Waals surface area (Å²) in [6.07, 6.45) is 8.23. The van der Waals surface area contributed by atoms with Crippen LogP contribution < -0.4 is 21.5 Å². The molecular weight excluding hydrogens is 498 g/mol. The van der Waals surface area contributed by atoms with E-state index in [-0.39, 0.29) is 37.3 Å². The third kappa shape index (κ3) is 6.37. The van der Waals surface area contributed by atoms with Crippen molar-refractivity contribution in [1.82, 2.24) is 15.3 Å². The van der Waals surface area contributed by atoms with Gasteiger partial charge in [-0.3, -0.25) is 14.4 Å². The van der Waals surface area contributed by atoms with Crippen LogP contribution in [-0.2, 0) is 6.61 Å². The van der Waals surface area contributed by atoms with Crippen LogP contribution >= 0.6 is 0 Å². The monoisotopic (exact) mass is 523 g/mol. The highest BCUT2D eigenvalue weighted by molar-refractivity contribution is 6.05. The van der Waals surface area contributed by atoms with Crippen LogP contribution in [0.5, 0.6) is 0 Å².